The first-order valence-electron chi connectivity index (χ1n) is 6.40. The number of hydrogen-bond acceptors (Lipinski definition) is 2. The molecular weight excluding hydrogens is 327 g/mol. The number of Topliss-reactive ketones (excluding diaryl/α,β-unsaturated/α-hetero) is 1. The molecule has 0 aliphatic rings. The second-order valence-corrected chi connectivity index (χ2v) is 5.07. The van der Waals surface area contributed by atoms with Gasteiger partial charge in [-0.15, -0.1) is 0 Å². The molecule has 0 unspecified atom stereocenters. The number of allylic oxidation sites excluding steroid dienone is 1. The molecule has 2 nitrogen and oxygen atoms in total. The van der Waals surface area contributed by atoms with Crippen LogP contribution >= 0.6 is 11.6 Å². The highest BCUT2D eigenvalue weighted by molar-refractivity contribution is 6.30. The van der Waals surface area contributed by atoms with Crippen LogP contribution in [0.25, 0.3) is 6.08 Å². The van der Waals surface area contributed by atoms with Crippen LogP contribution in [0.5, 0.6) is 0 Å². The molecule has 0 aromatic heterocycles. The topological polar surface area (TPSA) is 40.9 Å². The lowest BCUT2D eigenvalue weighted by Crippen LogP contribution is -2.05. The van der Waals surface area contributed by atoms with Crippen molar-refractivity contribution in [1.29, 1.82) is 5.26 Å². The van der Waals surface area contributed by atoms with E-state index >= 15 is 0 Å². The van der Waals surface area contributed by atoms with Crippen LogP contribution in [0.3, 0.4) is 0 Å². The van der Waals surface area contributed by atoms with Crippen molar-refractivity contribution in [2.45, 2.75) is 6.18 Å². The zero-order valence-electron chi connectivity index (χ0n) is 11.6. The van der Waals surface area contributed by atoms with Crippen molar-refractivity contribution < 1.29 is 18.0 Å². The Balaban J connectivity index is 2.38. The van der Waals surface area contributed by atoms with E-state index in [1.165, 1.54) is 36.4 Å². The van der Waals surface area contributed by atoms with Crippen LogP contribution in [0.1, 0.15) is 21.5 Å². The summed E-state index contributed by atoms with van der Waals surface area (Å²) in [5.41, 5.74) is -0.748. The summed E-state index contributed by atoms with van der Waals surface area (Å²) in [7, 11) is 0. The lowest BCUT2D eigenvalue weighted by atomic mass is 10.0. The Bertz CT molecular complexity index is 802. The van der Waals surface area contributed by atoms with Gasteiger partial charge in [0, 0.05) is 10.6 Å². The molecule has 0 aliphatic carbocycles. The first-order valence-corrected chi connectivity index (χ1v) is 6.78. The molecule has 0 spiro atoms. The summed E-state index contributed by atoms with van der Waals surface area (Å²) in [6.07, 6.45) is -3.36. The van der Waals surface area contributed by atoms with Gasteiger partial charge in [0.05, 0.1) is 5.56 Å². The highest BCUT2D eigenvalue weighted by atomic mass is 35.5. The highest BCUT2D eigenvalue weighted by Gasteiger charge is 2.30. The Morgan fingerprint density at radius 2 is 1.78 bits per heavy atom. The summed E-state index contributed by atoms with van der Waals surface area (Å²) < 4.78 is 38.1. The zero-order valence-corrected chi connectivity index (χ0v) is 12.3. The maximum atomic E-state index is 12.7. The SMILES string of the molecule is N#C/C(=C\c1cccc(C(F)(F)F)c1)C(=O)c1ccc(Cl)cc1. The average Bonchev–Trinajstić information content (AvgIpc) is 2.52. The van der Waals surface area contributed by atoms with Crippen LogP contribution < -0.4 is 0 Å². The van der Waals surface area contributed by atoms with Crippen LogP contribution in [0.2, 0.25) is 5.02 Å². The first kappa shape index (κ1) is 16.8. The van der Waals surface area contributed by atoms with Crippen molar-refractivity contribution in [2.75, 3.05) is 0 Å². The summed E-state index contributed by atoms with van der Waals surface area (Å²) in [4.78, 5) is 12.2. The predicted molar refractivity (Wildman–Crippen MR) is 80.8 cm³/mol. The standard InChI is InChI=1S/C17H9ClF3NO/c18-15-6-4-12(5-7-15)16(23)13(10-22)8-11-2-1-3-14(9-11)17(19,20)21/h1-9H/b13-8+. The summed E-state index contributed by atoms with van der Waals surface area (Å²) in [6.45, 7) is 0. The van der Waals surface area contributed by atoms with Gasteiger partial charge in [-0.25, -0.2) is 0 Å². The quantitative estimate of drug-likeness (QED) is 0.442. The fraction of sp³-hybridized carbons (Fsp3) is 0.0588. The van der Waals surface area contributed by atoms with Gasteiger partial charge in [-0.2, -0.15) is 18.4 Å². The summed E-state index contributed by atoms with van der Waals surface area (Å²) in [5, 5.41) is 9.55. The summed E-state index contributed by atoms with van der Waals surface area (Å²) in [6, 6.07) is 12.0. The molecule has 0 bridgehead atoms. The van der Waals surface area contributed by atoms with E-state index in [9.17, 15) is 18.0 Å². The lowest BCUT2D eigenvalue weighted by molar-refractivity contribution is -0.137. The number of benzene rings is 2. The number of alkyl halides is 3. The Morgan fingerprint density at radius 1 is 1.13 bits per heavy atom. The van der Waals surface area contributed by atoms with E-state index < -0.39 is 17.5 Å². The molecule has 6 heteroatoms. The number of rotatable bonds is 3. The summed E-state index contributed by atoms with van der Waals surface area (Å²) >= 11 is 5.72. The minimum Gasteiger partial charge on any atom is -0.288 e. The molecule has 0 fully saturated rings. The van der Waals surface area contributed by atoms with Gasteiger partial charge in [-0.1, -0.05) is 23.7 Å². The number of nitrogens with zero attached hydrogens (tertiary/aromatic N) is 1. The van der Waals surface area contributed by atoms with Gasteiger partial charge in [-0.05, 0) is 48.0 Å². The van der Waals surface area contributed by atoms with E-state index in [-0.39, 0.29) is 16.7 Å². The monoisotopic (exact) mass is 335 g/mol. The normalized spacial score (nSPS) is 11.9. The van der Waals surface area contributed by atoms with Crippen molar-refractivity contribution in [2.24, 2.45) is 0 Å². The molecule has 0 radical (unpaired) electrons. The average molecular weight is 336 g/mol. The molecule has 2 aromatic carbocycles. The van der Waals surface area contributed by atoms with E-state index in [1.54, 1.807) is 6.07 Å². The lowest BCUT2D eigenvalue weighted by Gasteiger charge is -2.07. The van der Waals surface area contributed by atoms with Crippen LogP contribution in [-0.4, -0.2) is 5.78 Å². The van der Waals surface area contributed by atoms with Crippen molar-refractivity contribution in [3.05, 3.63) is 75.8 Å². The molecular formula is C17H9ClF3NO. The second kappa shape index (κ2) is 6.67. The van der Waals surface area contributed by atoms with Gasteiger partial charge in [-0.3, -0.25) is 4.79 Å². The fourth-order valence-electron chi connectivity index (χ4n) is 1.88. The molecule has 0 saturated carbocycles. The minimum absolute atomic E-state index is 0.124. The van der Waals surface area contributed by atoms with Crippen molar-refractivity contribution in [3.63, 3.8) is 0 Å². The molecule has 0 atom stereocenters. The van der Waals surface area contributed by atoms with E-state index in [1.807, 2.05) is 0 Å². The fourth-order valence-corrected chi connectivity index (χ4v) is 2.00. The molecule has 2 aromatic rings. The van der Waals surface area contributed by atoms with E-state index in [2.05, 4.69) is 0 Å². The Morgan fingerprint density at radius 3 is 2.35 bits per heavy atom. The van der Waals surface area contributed by atoms with Gasteiger partial charge < -0.3 is 0 Å². The molecule has 2 rings (SSSR count). The van der Waals surface area contributed by atoms with Crippen LogP contribution in [0.15, 0.2) is 54.1 Å². The van der Waals surface area contributed by atoms with Gasteiger partial charge in [0.1, 0.15) is 11.6 Å². The number of carbonyl (C=O) groups is 1. The van der Waals surface area contributed by atoms with E-state index in [0.29, 0.717) is 5.02 Å². The second-order valence-electron chi connectivity index (χ2n) is 4.63. The molecule has 0 amide bonds. The largest absolute Gasteiger partial charge is 0.416 e. The number of ketones is 1. The molecule has 23 heavy (non-hydrogen) atoms. The number of nitriles is 1. The zero-order chi connectivity index (χ0) is 17.0. The van der Waals surface area contributed by atoms with Crippen molar-refractivity contribution in [3.8, 4) is 6.07 Å². The molecule has 0 heterocycles. The summed E-state index contributed by atoms with van der Waals surface area (Å²) in [5.74, 6) is -0.582. The smallest absolute Gasteiger partial charge is 0.288 e. The van der Waals surface area contributed by atoms with Crippen molar-refractivity contribution >= 4 is 23.5 Å². The van der Waals surface area contributed by atoms with E-state index in [0.717, 1.165) is 18.2 Å². The van der Waals surface area contributed by atoms with Crippen molar-refractivity contribution in [1.82, 2.24) is 0 Å². The molecule has 0 N–H and O–H groups in total. The van der Waals surface area contributed by atoms with Crippen LogP contribution in [0.4, 0.5) is 13.2 Å². The maximum Gasteiger partial charge on any atom is 0.416 e. The minimum atomic E-state index is -4.49. The van der Waals surface area contributed by atoms with Crippen LogP contribution in [-0.2, 0) is 6.18 Å². The van der Waals surface area contributed by atoms with Gasteiger partial charge in [0.15, 0.2) is 0 Å². The van der Waals surface area contributed by atoms with Gasteiger partial charge in [0.25, 0.3) is 0 Å². The molecule has 0 saturated heterocycles. The van der Waals surface area contributed by atoms with Gasteiger partial charge >= 0.3 is 6.18 Å². The first-order chi connectivity index (χ1) is 10.8. The third-order valence-corrected chi connectivity index (χ3v) is 3.25. The molecule has 116 valence electrons. The predicted octanol–water partition coefficient (Wildman–Crippen LogP) is 5.15. The third kappa shape index (κ3) is 4.21. The van der Waals surface area contributed by atoms with Gasteiger partial charge in [0.2, 0.25) is 5.78 Å². The maximum absolute atomic E-state index is 12.7. The Hall–Kier alpha value is -2.58. The number of halogens is 4. The van der Waals surface area contributed by atoms with E-state index in [4.69, 9.17) is 16.9 Å². The highest BCUT2D eigenvalue weighted by Crippen LogP contribution is 2.30. The van der Waals surface area contributed by atoms with Crippen LogP contribution in [0, 0.1) is 11.3 Å². The Labute approximate surface area is 135 Å². The number of carbonyl (C=O) groups excluding carboxylic acids is 1. The third-order valence-electron chi connectivity index (χ3n) is 3.00. The molecule has 0 aliphatic heterocycles. The Kier molecular flexibility index (Phi) is 4.87. The number of hydrogen-bond donors (Lipinski definition) is 0.